The Hall–Kier alpha value is -2.86. The maximum absolute atomic E-state index is 13.6. The molecule has 2 aliphatic rings. The number of carbonyl (C=O) groups is 1. The van der Waals surface area contributed by atoms with Gasteiger partial charge in [0, 0.05) is 16.5 Å². The average Bonchev–Trinajstić information content (AvgIpc) is 3.46. The Morgan fingerprint density at radius 1 is 1.30 bits per heavy atom. The second-order valence-electron chi connectivity index (χ2n) is 7.81. The second kappa shape index (κ2) is 7.43. The molecule has 1 N–H and O–H groups in total. The minimum atomic E-state index is -2.72. The number of rotatable bonds is 4. The third-order valence-corrected chi connectivity index (χ3v) is 6.95. The molecule has 6 nitrogen and oxygen atoms in total. The van der Waals surface area contributed by atoms with Crippen LogP contribution in [-0.2, 0) is 12.8 Å². The fraction of sp³-hybridized carbons (Fsp3) is 0.429. The summed E-state index contributed by atoms with van der Waals surface area (Å²) in [6.07, 6.45) is 5.36. The topological polar surface area (TPSA) is 83.1 Å². The Morgan fingerprint density at radius 2 is 2.10 bits per heavy atom. The predicted octanol–water partition coefficient (Wildman–Crippen LogP) is 5.00. The minimum Gasteiger partial charge on any atom is -0.312 e. The van der Waals surface area contributed by atoms with Gasteiger partial charge in [0.2, 0.25) is 0 Å². The smallest absolute Gasteiger partial charge is 0.280 e. The molecule has 5 rings (SSSR count). The number of thiophene rings is 1. The molecule has 30 heavy (non-hydrogen) atoms. The van der Waals surface area contributed by atoms with E-state index < -0.39 is 12.3 Å². The Balaban J connectivity index is 1.52. The molecule has 1 saturated carbocycles. The molecule has 0 bridgehead atoms. The first-order chi connectivity index (χ1) is 14.6. The summed E-state index contributed by atoms with van der Waals surface area (Å²) in [5.74, 6) is -0.324. The molecule has 0 aliphatic heterocycles. The highest BCUT2D eigenvalue weighted by molar-refractivity contribution is 7.16. The van der Waals surface area contributed by atoms with Gasteiger partial charge in [-0.25, -0.2) is 18.3 Å². The van der Waals surface area contributed by atoms with Crippen LogP contribution in [0.1, 0.15) is 82.2 Å². The summed E-state index contributed by atoms with van der Waals surface area (Å²) in [7, 11) is 0. The average molecular weight is 427 g/mol. The zero-order valence-corrected chi connectivity index (χ0v) is 16.9. The van der Waals surface area contributed by atoms with Gasteiger partial charge in [0.15, 0.2) is 5.65 Å². The maximum Gasteiger partial charge on any atom is 0.280 e. The number of carbonyl (C=O) groups excluding carboxylic acids is 1. The van der Waals surface area contributed by atoms with Crippen LogP contribution in [-0.4, -0.2) is 20.5 Å². The third-order valence-electron chi connectivity index (χ3n) is 5.74. The van der Waals surface area contributed by atoms with Gasteiger partial charge in [-0.1, -0.05) is 6.42 Å². The lowest BCUT2D eigenvalue weighted by molar-refractivity contribution is 0.102. The molecule has 1 fully saturated rings. The summed E-state index contributed by atoms with van der Waals surface area (Å²) >= 11 is 1.43. The Bertz CT molecular complexity index is 1190. The lowest BCUT2D eigenvalue weighted by Crippen LogP contribution is -2.13. The van der Waals surface area contributed by atoms with Crippen LogP contribution in [0.3, 0.4) is 0 Å². The number of aromatic nitrogens is 3. The summed E-state index contributed by atoms with van der Waals surface area (Å²) in [5, 5.41) is 17.0. The standard InChI is InChI=1S/C21H19F2N5OS/c22-18(23)16-8-15(11-6-7-11)26-19-14(10-25-28(16)19)20(29)27-21-13(9-24)12-4-2-1-3-5-17(12)30-21/h8,10-11,18H,1-7H2,(H,27,29). The summed E-state index contributed by atoms with van der Waals surface area (Å²) in [4.78, 5) is 18.6. The highest BCUT2D eigenvalue weighted by Crippen LogP contribution is 2.41. The fourth-order valence-electron chi connectivity index (χ4n) is 4.03. The van der Waals surface area contributed by atoms with Crippen LogP contribution in [0.4, 0.5) is 13.8 Å². The molecule has 0 spiro atoms. The van der Waals surface area contributed by atoms with Crippen molar-refractivity contribution in [2.24, 2.45) is 0 Å². The summed E-state index contributed by atoms with van der Waals surface area (Å²) in [6.45, 7) is 0. The van der Waals surface area contributed by atoms with Gasteiger partial charge >= 0.3 is 0 Å². The molecule has 3 heterocycles. The van der Waals surface area contributed by atoms with Crippen LogP contribution in [0, 0.1) is 11.3 Å². The zero-order valence-electron chi connectivity index (χ0n) is 16.1. The number of fused-ring (bicyclic) bond motifs is 2. The first-order valence-corrected chi connectivity index (χ1v) is 10.9. The van der Waals surface area contributed by atoms with Crippen molar-refractivity contribution < 1.29 is 13.6 Å². The van der Waals surface area contributed by atoms with E-state index in [0.29, 0.717) is 16.3 Å². The number of nitriles is 1. The van der Waals surface area contributed by atoms with Crippen molar-refractivity contribution in [3.8, 4) is 6.07 Å². The largest absolute Gasteiger partial charge is 0.312 e. The number of hydrogen-bond donors (Lipinski definition) is 1. The van der Waals surface area contributed by atoms with E-state index in [2.05, 4.69) is 21.5 Å². The van der Waals surface area contributed by atoms with E-state index >= 15 is 0 Å². The van der Waals surface area contributed by atoms with Gasteiger partial charge in [-0.05, 0) is 50.2 Å². The van der Waals surface area contributed by atoms with Crippen molar-refractivity contribution in [1.29, 1.82) is 5.26 Å². The lowest BCUT2D eigenvalue weighted by Gasteiger charge is -2.08. The normalized spacial score (nSPS) is 16.3. The van der Waals surface area contributed by atoms with Crippen LogP contribution < -0.4 is 5.32 Å². The van der Waals surface area contributed by atoms with E-state index in [1.165, 1.54) is 23.6 Å². The first-order valence-electron chi connectivity index (χ1n) is 10.1. The van der Waals surface area contributed by atoms with E-state index in [-0.39, 0.29) is 22.8 Å². The Labute approximate surface area is 175 Å². The van der Waals surface area contributed by atoms with E-state index in [9.17, 15) is 18.8 Å². The molecule has 0 atom stereocenters. The predicted molar refractivity (Wildman–Crippen MR) is 108 cm³/mol. The van der Waals surface area contributed by atoms with Crippen LogP contribution in [0.25, 0.3) is 5.65 Å². The van der Waals surface area contributed by atoms with E-state index in [1.807, 2.05) is 0 Å². The van der Waals surface area contributed by atoms with Gasteiger partial charge in [0.05, 0.1) is 11.8 Å². The lowest BCUT2D eigenvalue weighted by atomic mass is 10.1. The van der Waals surface area contributed by atoms with Crippen molar-refractivity contribution >= 4 is 27.9 Å². The van der Waals surface area contributed by atoms with E-state index in [1.54, 1.807) is 0 Å². The number of amides is 1. The fourth-order valence-corrected chi connectivity index (χ4v) is 5.26. The highest BCUT2D eigenvalue weighted by atomic mass is 32.1. The number of halogens is 2. The quantitative estimate of drug-likeness (QED) is 0.594. The molecule has 0 aromatic carbocycles. The molecule has 2 aliphatic carbocycles. The zero-order chi connectivity index (χ0) is 20.8. The summed E-state index contributed by atoms with van der Waals surface area (Å²) < 4.78 is 28.2. The van der Waals surface area contributed by atoms with Crippen LogP contribution in [0.2, 0.25) is 0 Å². The molecule has 9 heteroatoms. The van der Waals surface area contributed by atoms with Crippen molar-refractivity contribution in [3.63, 3.8) is 0 Å². The van der Waals surface area contributed by atoms with Crippen molar-refractivity contribution in [2.45, 2.75) is 57.3 Å². The SMILES string of the molecule is N#Cc1c(NC(=O)c2cnn3c(C(F)F)cc(C4CC4)nc23)sc2c1CCCCC2. The number of nitrogens with one attached hydrogen (secondary N) is 1. The Kier molecular flexibility index (Phi) is 4.74. The van der Waals surface area contributed by atoms with Crippen LogP contribution in [0.15, 0.2) is 12.3 Å². The molecule has 3 aromatic heterocycles. The molecular weight excluding hydrogens is 408 g/mol. The number of aryl methyl sites for hydroxylation is 1. The second-order valence-corrected chi connectivity index (χ2v) is 8.91. The maximum atomic E-state index is 13.6. The molecule has 154 valence electrons. The summed E-state index contributed by atoms with van der Waals surface area (Å²) in [6, 6.07) is 3.62. The van der Waals surface area contributed by atoms with E-state index in [0.717, 1.165) is 59.9 Å². The van der Waals surface area contributed by atoms with Gasteiger partial charge in [-0.2, -0.15) is 10.4 Å². The molecule has 0 unspecified atom stereocenters. The Morgan fingerprint density at radius 3 is 2.83 bits per heavy atom. The summed E-state index contributed by atoms with van der Waals surface area (Å²) in [5.41, 5.74) is 2.12. The van der Waals surface area contributed by atoms with Crippen LogP contribution >= 0.6 is 11.3 Å². The molecular formula is C21H19F2N5OS. The third kappa shape index (κ3) is 3.25. The van der Waals surface area contributed by atoms with Crippen molar-refractivity contribution in [2.75, 3.05) is 5.32 Å². The molecule has 0 radical (unpaired) electrons. The number of hydrogen-bond acceptors (Lipinski definition) is 5. The highest BCUT2D eigenvalue weighted by Gasteiger charge is 2.29. The first kappa shape index (κ1) is 19.1. The monoisotopic (exact) mass is 427 g/mol. The van der Waals surface area contributed by atoms with Gasteiger partial charge in [-0.15, -0.1) is 11.3 Å². The van der Waals surface area contributed by atoms with Crippen LogP contribution in [0.5, 0.6) is 0 Å². The van der Waals surface area contributed by atoms with Gasteiger partial charge in [-0.3, -0.25) is 4.79 Å². The van der Waals surface area contributed by atoms with Gasteiger partial charge in [0.25, 0.3) is 12.3 Å². The van der Waals surface area contributed by atoms with Gasteiger partial charge in [0.1, 0.15) is 22.3 Å². The molecule has 0 saturated heterocycles. The van der Waals surface area contributed by atoms with Crippen molar-refractivity contribution in [3.05, 3.63) is 45.2 Å². The molecule has 3 aromatic rings. The number of alkyl halides is 2. The van der Waals surface area contributed by atoms with Crippen molar-refractivity contribution in [1.82, 2.24) is 14.6 Å². The van der Waals surface area contributed by atoms with E-state index in [4.69, 9.17) is 0 Å². The number of nitrogens with zero attached hydrogens (tertiary/aromatic N) is 4. The van der Waals surface area contributed by atoms with Gasteiger partial charge < -0.3 is 5.32 Å². The minimum absolute atomic E-state index is 0.129. The molecule has 1 amide bonds. The number of anilines is 1.